The van der Waals surface area contributed by atoms with E-state index in [1.165, 1.54) is 0 Å². The summed E-state index contributed by atoms with van der Waals surface area (Å²) in [5, 5.41) is 4.22. The molecule has 2 aromatic rings. The van der Waals surface area contributed by atoms with E-state index in [1.54, 1.807) is 0 Å². The highest BCUT2D eigenvalue weighted by atomic mass is 16.5. The summed E-state index contributed by atoms with van der Waals surface area (Å²) in [4.78, 5) is 22.6. The lowest BCUT2D eigenvalue weighted by Gasteiger charge is -2.42. The van der Waals surface area contributed by atoms with Gasteiger partial charge in [-0.05, 0) is 51.9 Å². The summed E-state index contributed by atoms with van der Waals surface area (Å²) in [6.45, 7) is 4.03. The van der Waals surface area contributed by atoms with Crippen LogP contribution >= 0.6 is 0 Å². The van der Waals surface area contributed by atoms with Crippen molar-refractivity contribution < 1.29 is 9.53 Å². The molecule has 0 saturated carbocycles. The summed E-state index contributed by atoms with van der Waals surface area (Å²) in [6.07, 6.45) is 4.16. The van der Waals surface area contributed by atoms with Crippen LogP contribution in [0.3, 0.4) is 0 Å². The first-order chi connectivity index (χ1) is 13.6. The average Bonchev–Trinajstić information content (AvgIpc) is 3.26. The number of anilines is 1. The number of para-hydroxylation sites is 1. The number of nitrogens with zero attached hydrogens (tertiary/aromatic N) is 3. The quantitative estimate of drug-likeness (QED) is 0.862. The van der Waals surface area contributed by atoms with Crippen molar-refractivity contribution >= 4 is 22.6 Å². The minimum atomic E-state index is -0.0496. The van der Waals surface area contributed by atoms with Crippen LogP contribution in [0.5, 0.6) is 0 Å². The fourth-order valence-corrected chi connectivity index (χ4v) is 4.32. The number of rotatable bonds is 5. The van der Waals surface area contributed by atoms with Crippen LogP contribution in [0.25, 0.3) is 10.9 Å². The fraction of sp³-hybridized carbons (Fsp3) is 0.545. The molecule has 1 amide bonds. The topological polar surface area (TPSA) is 57.7 Å². The first-order valence-electron chi connectivity index (χ1n) is 10.3. The van der Waals surface area contributed by atoms with Gasteiger partial charge in [0, 0.05) is 43.8 Å². The molecule has 150 valence electrons. The van der Waals surface area contributed by atoms with E-state index in [9.17, 15) is 4.79 Å². The van der Waals surface area contributed by atoms with E-state index in [1.807, 2.05) is 30.3 Å². The molecule has 0 atom stereocenters. The van der Waals surface area contributed by atoms with Gasteiger partial charge in [-0.15, -0.1) is 0 Å². The molecule has 1 N–H and O–H groups in total. The van der Waals surface area contributed by atoms with E-state index in [2.05, 4.69) is 29.2 Å². The molecule has 2 saturated heterocycles. The number of nitrogens with one attached hydrogen (secondary N) is 1. The van der Waals surface area contributed by atoms with Crippen molar-refractivity contribution in [3.05, 3.63) is 35.9 Å². The van der Waals surface area contributed by atoms with Crippen molar-refractivity contribution in [3.8, 4) is 0 Å². The highest BCUT2D eigenvalue weighted by molar-refractivity contribution is 6.02. The first kappa shape index (κ1) is 19.2. The Morgan fingerprint density at radius 2 is 1.93 bits per heavy atom. The molecule has 0 aliphatic carbocycles. The molecular formula is C22H30N4O2. The number of likely N-dealkylation sites (N-methyl/N-ethyl adjacent to an activating group) is 1. The second kappa shape index (κ2) is 8.05. The molecular weight excluding hydrogens is 352 g/mol. The van der Waals surface area contributed by atoms with Crippen molar-refractivity contribution in [3.63, 3.8) is 0 Å². The smallest absolute Gasteiger partial charge is 0.255 e. The molecule has 1 aromatic heterocycles. The van der Waals surface area contributed by atoms with Crippen LogP contribution in [0.15, 0.2) is 30.3 Å². The Hall–Kier alpha value is -2.18. The Morgan fingerprint density at radius 1 is 1.21 bits per heavy atom. The summed E-state index contributed by atoms with van der Waals surface area (Å²) in [7, 11) is 4.18. The average molecular weight is 383 g/mol. The minimum Gasteiger partial charge on any atom is -0.381 e. The van der Waals surface area contributed by atoms with Crippen LogP contribution in [0.4, 0.5) is 5.82 Å². The maximum Gasteiger partial charge on any atom is 0.255 e. The van der Waals surface area contributed by atoms with E-state index >= 15 is 0 Å². The number of aromatic nitrogens is 1. The largest absolute Gasteiger partial charge is 0.381 e. The predicted molar refractivity (Wildman–Crippen MR) is 112 cm³/mol. The summed E-state index contributed by atoms with van der Waals surface area (Å²) in [5.41, 5.74) is 1.57. The molecule has 3 heterocycles. The van der Waals surface area contributed by atoms with Crippen molar-refractivity contribution in [1.82, 2.24) is 15.2 Å². The first-order valence-corrected chi connectivity index (χ1v) is 10.3. The number of carbonyl (C=O) groups excluding carboxylic acids is 1. The predicted octanol–water partition coefficient (Wildman–Crippen LogP) is 2.68. The van der Waals surface area contributed by atoms with Crippen molar-refractivity contribution in [2.45, 2.75) is 31.2 Å². The van der Waals surface area contributed by atoms with Gasteiger partial charge in [-0.3, -0.25) is 4.79 Å². The van der Waals surface area contributed by atoms with Crippen LogP contribution in [-0.2, 0) is 4.74 Å². The van der Waals surface area contributed by atoms with Crippen LogP contribution in [0.1, 0.15) is 36.0 Å². The van der Waals surface area contributed by atoms with E-state index in [0.717, 1.165) is 68.7 Å². The van der Waals surface area contributed by atoms with Crippen LogP contribution < -0.4 is 10.2 Å². The molecule has 2 fully saturated rings. The van der Waals surface area contributed by atoms with Crippen LogP contribution in [0, 0.1) is 0 Å². The Kier molecular flexibility index (Phi) is 5.51. The molecule has 28 heavy (non-hydrogen) atoms. The van der Waals surface area contributed by atoms with Gasteiger partial charge in [0.1, 0.15) is 5.82 Å². The maximum absolute atomic E-state index is 13.2. The third-order valence-corrected chi connectivity index (χ3v) is 6.30. The van der Waals surface area contributed by atoms with Gasteiger partial charge in [-0.2, -0.15) is 0 Å². The fourth-order valence-electron chi connectivity index (χ4n) is 4.32. The maximum atomic E-state index is 13.2. The third kappa shape index (κ3) is 3.71. The lowest BCUT2D eigenvalue weighted by molar-refractivity contribution is -0.00657. The van der Waals surface area contributed by atoms with Crippen molar-refractivity contribution in [2.75, 3.05) is 51.8 Å². The van der Waals surface area contributed by atoms with E-state index in [0.29, 0.717) is 12.1 Å². The normalized spacial score (nSPS) is 19.3. The number of benzene rings is 1. The molecule has 2 aliphatic rings. The number of fused-ring (bicyclic) bond motifs is 1. The summed E-state index contributed by atoms with van der Waals surface area (Å²) < 4.78 is 5.55. The number of hydrogen-bond acceptors (Lipinski definition) is 5. The Labute approximate surface area is 166 Å². The zero-order valence-corrected chi connectivity index (χ0v) is 16.9. The van der Waals surface area contributed by atoms with Gasteiger partial charge in [-0.25, -0.2) is 4.98 Å². The van der Waals surface area contributed by atoms with Crippen LogP contribution in [-0.4, -0.2) is 68.3 Å². The van der Waals surface area contributed by atoms with Crippen molar-refractivity contribution in [2.24, 2.45) is 0 Å². The van der Waals surface area contributed by atoms with Gasteiger partial charge < -0.3 is 19.9 Å². The Bertz CT molecular complexity index is 840. The zero-order chi connectivity index (χ0) is 19.6. The number of pyridine rings is 1. The molecule has 1 aromatic carbocycles. The summed E-state index contributed by atoms with van der Waals surface area (Å²) in [6, 6.07) is 10.0. The van der Waals surface area contributed by atoms with Gasteiger partial charge in [0.15, 0.2) is 0 Å². The number of amides is 1. The van der Waals surface area contributed by atoms with E-state index in [4.69, 9.17) is 9.72 Å². The second-order valence-corrected chi connectivity index (χ2v) is 8.16. The Morgan fingerprint density at radius 3 is 2.64 bits per heavy atom. The van der Waals surface area contributed by atoms with Gasteiger partial charge in [0.05, 0.1) is 11.1 Å². The standard InChI is InChI=1S/C22H30N4O2/c1-25(2)22(9-13-28-14-10-22)16-23-21(27)18-15-17-7-3-4-8-19(17)24-20(18)26-11-5-6-12-26/h3-4,7-8,15H,5-6,9-14,16H2,1-2H3,(H,23,27). The molecule has 0 spiro atoms. The lowest BCUT2D eigenvalue weighted by Crippen LogP contribution is -2.55. The van der Waals surface area contributed by atoms with Crippen LogP contribution in [0.2, 0.25) is 0 Å². The third-order valence-electron chi connectivity index (χ3n) is 6.30. The molecule has 0 radical (unpaired) electrons. The zero-order valence-electron chi connectivity index (χ0n) is 16.9. The SMILES string of the molecule is CN(C)C1(CNC(=O)c2cc3ccccc3nc2N2CCCC2)CCOCC1. The van der Waals surface area contributed by atoms with E-state index < -0.39 is 0 Å². The summed E-state index contributed by atoms with van der Waals surface area (Å²) >= 11 is 0. The van der Waals surface area contributed by atoms with Gasteiger partial charge in [0.25, 0.3) is 5.91 Å². The molecule has 0 bridgehead atoms. The molecule has 2 aliphatic heterocycles. The molecule has 6 heteroatoms. The van der Waals surface area contributed by atoms with Gasteiger partial charge >= 0.3 is 0 Å². The van der Waals surface area contributed by atoms with Gasteiger partial charge in [0.2, 0.25) is 0 Å². The summed E-state index contributed by atoms with van der Waals surface area (Å²) in [5.74, 6) is 0.785. The monoisotopic (exact) mass is 382 g/mol. The second-order valence-electron chi connectivity index (χ2n) is 8.16. The number of carbonyl (C=O) groups is 1. The lowest BCUT2D eigenvalue weighted by atomic mass is 9.88. The number of hydrogen-bond donors (Lipinski definition) is 1. The van der Waals surface area contributed by atoms with E-state index in [-0.39, 0.29) is 11.4 Å². The highest BCUT2D eigenvalue weighted by Crippen LogP contribution is 2.28. The minimum absolute atomic E-state index is 0.0344. The highest BCUT2D eigenvalue weighted by Gasteiger charge is 2.35. The molecule has 4 rings (SSSR count). The molecule has 0 unspecified atom stereocenters. The molecule has 6 nitrogen and oxygen atoms in total. The van der Waals surface area contributed by atoms with Gasteiger partial charge in [-0.1, -0.05) is 18.2 Å². The number of ether oxygens (including phenoxy) is 1. The Balaban J connectivity index is 1.61. The van der Waals surface area contributed by atoms with Crippen molar-refractivity contribution in [1.29, 1.82) is 0 Å².